The average Bonchev–Trinajstić information content (AvgIpc) is 2.86. The Morgan fingerprint density at radius 3 is 2.41 bits per heavy atom. The number of hydrogen-bond acceptors (Lipinski definition) is 1. The van der Waals surface area contributed by atoms with Crippen molar-refractivity contribution < 1.29 is 0 Å². The molecule has 0 aromatic heterocycles. The Morgan fingerprint density at radius 1 is 1.06 bits per heavy atom. The van der Waals surface area contributed by atoms with Gasteiger partial charge in [-0.05, 0) is 50.5 Å². The van der Waals surface area contributed by atoms with Crippen LogP contribution in [0, 0.1) is 25.7 Å². The minimum absolute atomic E-state index is 0.801. The highest BCUT2D eigenvalue weighted by molar-refractivity contribution is 5.28. The van der Waals surface area contributed by atoms with E-state index in [1.165, 1.54) is 42.4 Å². The molecule has 1 heteroatoms. The van der Waals surface area contributed by atoms with E-state index in [0.717, 1.165) is 24.4 Å². The molecule has 0 amide bonds. The number of hydrogen-bond donors (Lipinski definition) is 1. The quantitative estimate of drug-likeness (QED) is 0.835. The highest BCUT2D eigenvalue weighted by Gasteiger charge is 2.38. The van der Waals surface area contributed by atoms with Gasteiger partial charge in [-0.3, -0.25) is 0 Å². The van der Waals surface area contributed by atoms with Crippen molar-refractivity contribution >= 4 is 0 Å². The van der Waals surface area contributed by atoms with E-state index in [1.54, 1.807) is 0 Å². The van der Waals surface area contributed by atoms with Crippen LogP contribution < -0.4 is 5.32 Å². The first-order chi connectivity index (χ1) is 8.20. The van der Waals surface area contributed by atoms with Crippen molar-refractivity contribution in [3.05, 3.63) is 34.9 Å². The summed E-state index contributed by atoms with van der Waals surface area (Å²) in [5.41, 5.74) is 4.22. The number of benzene rings is 1. The van der Waals surface area contributed by atoms with Crippen molar-refractivity contribution in [3.8, 4) is 0 Å². The molecule has 2 aliphatic rings. The van der Waals surface area contributed by atoms with Crippen LogP contribution in [-0.2, 0) is 6.54 Å². The second-order valence-electron chi connectivity index (χ2n) is 6.16. The second kappa shape index (κ2) is 4.45. The van der Waals surface area contributed by atoms with Crippen LogP contribution >= 0.6 is 0 Å². The standard InChI is InChI=1S/C16H23N/c1-11-5-12(2)7-14(6-11)10-17-16-9-13-3-4-15(16)8-13/h5-7,13,15-17H,3-4,8-10H2,1-2H3. The molecule has 0 spiro atoms. The zero-order valence-corrected chi connectivity index (χ0v) is 11.0. The van der Waals surface area contributed by atoms with Crippen LogP contribution in [0.4, 0.5) is 0 Å². The third-order valence-corrected chi connectivity index (χ3v) is 4.59. The minimum atomic E-state index is 0.801. The highest BCUT2D eigenvalue weighted by Crippen LogP contribution is 2.44. The first kappa shape index (κ1) is 11.3. The van der Waals surface area contributed by atoms with Crippen LogP contribution in [0.3, 0.4) is 0 Å². The fraction of sp³-hybridized carbons (Fsp3) is 0.625. The third kappa shape index (κ3) is 2.40. The summed E-state index contributed by atoms with van der Waals surface area (Å²) in [6, 6.07) is 7.68. The maximum absolute atomic E-state index is 3.78. The van der Waals surface area contributed by atoms with E-state index >= 15 is 0 Å². The molecule has 1 nitrogen and oxygen atoms in total. The summed E-state index contributed by atoms with van der Waals surface area (Å²) in [5.74, 6) is 2.02. The summed E-state index contributed by atoms with van der Waals surface area (Å²) >= 11 is 0. The van der Waals surface area contributed by atoms with E-state index in [0.29, 0.717) is 0 Å². The van der Waals surface area contributed by atoms with Gasteiger partial charge in [0, 0.05) is 12.6 Å². The molecule has 0 saturated heterocycles. The Hall–Kier alpha value is -0.820. The molecule has 3 rings (SSSR count). The summed E-state index contributed by atoms with van der Waals surface area (Å²) in [7, 11) is 0. The Labute approximate surface area is 105 Å². The van der Waals surface area contributed by atoms with E-state index in [1.807, 2.05) is 0 Å². The fourth-order valence-corrected chi connectivity index (χ4v) is 3.91. The Balaban J connectivity index is 1.60. The monoisotopic (exact) mass is 229 g/mol. The zero-order chi connectivity index (χ0) is 11.8. The van der Waals surface area contributed by atoms with Gasteiger partial charge in [-0.25, -0.2) is 0 Å². The first-order valence-electron chi connectivity index (χ1n) is 7.01. The van der Waals surface area contributed by atoms with Gasteiger partial charge in [0.1, 0.15) is 0 Å². The van der Waals surface area contributed by atoms with Crippen molar-refractivity contribution in [2.24, 2.45) is 11.8 Å². The van der Waals surface area contributed by atoms with Gasteiger partial charge in [-0.1, -0.05) is 35.7 Å². The molecule has 3 unspecified atom stereocenters. The fourth-order valence-electron chi connectivity index (χ4n) is 3.91. The average molecular weight is 229 g/mol. The molecular formula is C16H23N. The zero-order valence-electron chi connectivity index (χ0n) is 11.0. The molecule has 2 saturated carbocycles. The number of aryl methyl sites for hydroxylation is 2. The normalized spacial score (nSPS) is 31.1. The van der Waals surface area contributed by atoms with Gasteiger partial charge in [-0.2, -0.15) is 0 Å². The van der Waals surface area contributed by atoms with E-state index in [-0.39, 0.29) is 0 Å². The second-order valence-corrected chi connectivity index (χ2v) is 6.16. The van der Waals surface area contributed by atoms with Crippen LogP contribution in [0.1, 0.15) is 42.4 Å². The van der Waals surface area contributed by atoms with Gasteiger partial charge in [-0.15, -0.1) is 0 Å². The molecule has 1 aromatic rings. The molecule has 1 aromatic carbocycles. The summed E-state index contributed by atoms with van der Waals surface area (Å²) in [6.45, 7) is 5.43. The SMILES string of the molecule is Cc1cc(C)cc(CNC2CC3CCC2C3)c1. The molecule has 0 radical (unpaired) electrons. The largest absolute Gasteiger partial charge is 0.310 e. The molecule has 1 N–H and O–H groups in total. The third-order valence-electron chi connectivity index (χ3n) is 4.59. The van der Waals surface area contributed by atoms with E-state index < -0.39 is 0 Å². The van der Waals surface area contributed by atoms with Gasteiger partial charge in [0.2, 0.25) is 0 Å². The van der Waals surface area contributed by atoms with Crippen LogP contribution in [0.25, 0.3) is 0 Å². The van der Waals surface area contributed by atoms with Gasteiger partial charge in [0.15, 0.2) is 0 Å². The first-order valence-corrected chi connectivity index (χ1v) is 7.01. The lowest BCUT2D eigenvalue weighted by molar-refractivity contribution is 0.350. The highest BCUT2D eigenvalue weighted by atomic mass is 14.9. The van der Waals surface area contributed by atoms with Crippen molar-refractivity contribution in [1.82, 2.24) is 5.32 Å². The van der Waals surface area contributed by atoms with Gasteiger partial charge in [0.05, 0.1) is 0 Å². The van der Waals surface area contributed by atoms with Crippen LogP contribution in [0.5, 0.6) is 0 Å². The molecule has 3 atom stereocenters. The predicted molar refractivity (Wildman–Crippen MR) is 72.0 cm³/mol. The summed E-state index contributed by atoms with van der Waals surface area (Å²) in [5, 5.41) is 3.78. The van der Waals surface area contributed by atoms with Crippen LogP contribution in [-0.4, -0.2) is 6.04 Å². The maximum Gasteiger partial charge on any atom is 0.0208 e. The number of rotatable bonds is 3. The van der Waals surface area contributed by atoms with Gasteiger partial charge >= 0.3 is 0 Å². The van der Waals surface area contributed by atoms with Crippen LogP contribution in [0.2, 0.25) is 0 Å². The van der Waals surface area contributed by atoms with Gasteiger partial charge in [0.25, 0.3) is 0 Å². The minimum Gasteiger partial charge on any atom is -0.310 e. The smallest absolute Gasteiger partial charge is 0.0208 e. The summed E-state index contributed by atoms with van der Waals surface area (Å²) < 4.78 is 0. The Bertz CT molecular complexity index is 390. The molecule has 2 fully saturated rings. The van der Waals surface area contributed by atoms with Crippen molar-refractivity contribution in [2.45, 2.75) is 52.1 Å². The van der Waals surface area contributed by atoms with Crippen molar-refractivity contribution in [3.63, 3.8) is 0 Å². The van der Waals surface area contributed by atoms with E-state index in [4.69, 9.17) is 0 Å². The Morgan fingerprint density at radius 2 is 1.82 bits per heavy atom. The molecular weight excluding hydrogens is 206 g/mol. The lowest BCUT2D eigenvalue weighted by Crippen LogP contribution is -2.33. The summed E-state index contributed by atoms with van der Waals surface area (Å²) in [4.78, 5) is 0. The molecule has 17 heavy (non-hydrogen) atoms. The molecule has 2 aliphatic carbocycles. The molecule has 0 heterocycles. The molecule has 2 bridgehead atoms. The number of fused-ring (bicyclic) bond motifs is 2. The van der Waals surface area contributed by atoms with Crippen molar-refractivity contribution in [1.29, 1.82) is 0 Å². The lowest BCUT2D eigenvalue weighted by atomic mass is 9.95. The molecule has 92 valence electrons. The Kier molecular flexibility index (Phi) is 2.96. The number of nitrogens with one attached hydrogen (secondary N) is 1. The summed E-state index contributed by atoms with van der Waals surface area (Å²) in [6.07, 6.45) is 5.88. The topological polar surface area (TPSA) is 12.0 Å². The molecule has 0 aliphatic heterocycles. The predicted octanol–water partition coefficient (Wildman–Crippen LogP) is 3.58. The maximum atomic E-state index is 3.78. The van der Waals surface area contributed by atoms with Gasteiger partial charge < -0.3 is 5.32 Å². The van der Waals surface area contributed by atoms with Crippen molar-refractivity contribution in [2.75, 3.05) is 0 Å². The van der Waals surface area contributed by atoms with Crippen LogP contribution in [0.15, 0.2) is 18.2 Å². The lowest BCUT2D eigenvalue weighted by Gasteiger charge is -2.23. The van der Waals surface area contributed by atoms with E-state index in [2.05, 4.69) is 37.4 Å². The van der Waals surface area contributed by atoms with E-state index in [9.17, 15) is 0 Å².